The van der Waals surface area contributed by atoms with Crippen LogP contribution in [0.3, 0.4) is 0 Å². The van der Waals surface area contributed by atoms with Gasteiger partial charge in [0.15, 0.2) is 12.4 Å². The fraction of sp³-hybridized carbons (Fsp3) is 0.300. The molecular weight excluding hydrogens is 375 g/mol. The van der Waals surface area contributed by atoms with Gasteiger partial charge in [-0.25, -0.2) is 0 Å². The summed E-state index contributed by atoms with van der Waals surface area (Å²) in [5, 5.41) is 0.944. The first-order chi connectivity index (χ1) is 12.5. The van der Waals surface area contributed by atoms with E-state index in [1.54, 1.807) is 30.3 Å². The van der Waals surface area contributed by atoms with Crippen molar-refractivity contribution in [2.24, 2.45) is 0 Å². The largest absolute Gasteiger partial charge is 0.492 e. The van der Waals surface area contributed by atoms with Crippen LogP contribution < -0.4 is 4.74 Å². The summed E-state index contributed by atoms with van der Waals surface area (Å²) in [5.41, 5.74) is 1.69. The maximum atomic E-state index is 12.0. The van der Waals surface area contributed by atoms with Crippen molar-refractivity contribution in [1.29, 1.82) is 0 Å². The minimum Gasteiger partial charge on any atom is -0.492 e. The lowest BCUT2D eigenvalue weighted by Gasteiger charge is -2.08. The van der Waals surface area contributed by atoms with Gasteiger partial charge in [-0.1, -0.05) is 54.4 Å². The Bertz CT molecular complexity index is 757. The van der Waals surface area contributed by atoms with Crippen molar-refractivity contribution in [3.8, 4) is 5.75 Å². The van der Waals surface area contributed by atoms with Gasteiger partial charge in [-0.15, -0.1) is 0 Å². The minimum atomic E-state index is -0.436. The second-order valence-electron chi connectivity index (χ2n) is 5.66. The minimum absolute atomic E-state index is 0.160. The molecule has 0 bridgehead atoms. The van der Waals surface area contributed by atoms with Gasteiger partial charge in [-0.3, -0.25) is 9.59 Å². The summed E-state index contributed by atoms with van der Waals surface area (Å²) >= 11 is 11.8. The molecular formula is C20H20Cl2O4. The zero-order valence-electron chi connectivity index (χ0n) is 14.5. The molecule has 0 unspecified atom stereocenters. The monoisotopic (exact) mass is 394 g/mol. The fourth-order valence-electron chi connectivity index (χ4n) is 2.22. The van der Waals surface area contributed by atoms with Gasteiger partial charge in [0.1, 0.15) is 5.75 Å². The number of hydrogen-bond donors (Lipinski definition) is 0. The molecule has 138 valence electrons. The number of ether oxygens (including phenoxy) is 2. The van der Waals surface area contributed by atoms with E-state index in [1.165, 1.54) is 0 Å². The van der Waals surface area contributed by atoms with Crippen molar-refractivity contribution in [3.05, 3.63) is 63.6 Å². The maximum absolute atomic E-state index is 12.0. The molecule has 0 fully saturated rings. The summed E-state index contributed by atoms with van der Waals surface area (Å²) in [4.78, 5) is 23.7. The van der Waals surface area contributed by atoms with Crippen molar-refractivity contribution in [2.45, 2.75) is 26.2 Å². The van der Waals surface area contributed by atoms with Crippen molar-refractivity contribution in [1.82, 2.24) is 0 Å². The van der Waals surface area contributed by atoms with Crippen LogP contribution in [0.15, 0.2) is 42.5 Å². The smallest absolute Gasteiger partial charge is 0.306 e. The number of carbonyl (C=O) groups excluding carboxylic acids is 2. The van der Waals surface area contributed by atoms with Gasteiger partial charge < -0.3 is 9.47 Å². The lowest BCUT2D eigenvalue weighted by atomic mass is 10.1. The molecule has 2 aromatic rings. The molecule has 0 aliphatic heterocycles. The van der Waals surface area contributed by atoms with Gasteiger partial charge in [0.2, 0.25) is 0 Å². The predicted octanol–water partition coefficient (Wildman–Crippen LogP) is 5.14. The van der Waals surface area contributed by atoms with E-state index in [2.05, 4.69) is 0 Å². The molecule has 0 spiro atoms. The summed E-state index contributed by atoms with van der Waals surface area (Å²) in [5.74, 6) is -0.144. The van der Waals surface area contributed by atoms with Crippen molar-refractivity contribution >= 4 is 35.0 Å². The summed E-state index contributed by atoms with van der Waals surface area (Å²) < 4.78 is 10.5. The van der Waals surface area contributed by atoms with Crippen LogP contribution >= 0.6 is 23.2 Å². The molecule has 26 heavy (non-hydrogen) atoms. The fourth-order valence-corrected chi connectivity index (χ4v) is 2.68. The summed E-state index contributed by atoms with van der Waals surface area (Å²) in [7, 11) is 0. The van der Waals surface area contributed by atoms with Crippen molar-refractivity contribution in [2.75, 3.05) is 13.2 Å². The SMILES string of the molecule is CCc1ccc(C(=O)COC(=O)CCCOc2ccc(Cl)cc2Cl)cc1. The third kappa shape index (κ3) is 6.36. The van der Waals surface area contributed by atoms with E-state index in [-0.39, 0.29) is 18.8 Å². The third-order valence-corrected chi connectivity index (χ3v) is 4.26. The van der Waals surface area contributed by atoms with Crippen LogP contribution in [0.25, 0.3) is 0 Å². The highest BCUT2D eigenvalue weighted by Gasteiger charge is 2.10. The molecule has 0 amide bonds. The first-order valence-electron chi connectivity index (χ1n) is 8.35. The van der Waals surface area contributed by atoms with Gasteiger partial charge in [0.05, 0.1) is 11.6 Å². The Morgan fingerprint density at radius 1 is 1.04 bits per heavy atom. The Labute approximate surface area is 163 Å². The Morgan fingerprint density at radius 2 is 1.77 bits per heavy atom. The van der Waals surface area contributed by atoms with Gasteiger partial charge in [0.25, 0.3) is 0 Å². The average molecular weight is 395 g/mol. The van der Waals surface area contributed by atoms with Crippen LogP contribution in [-0.2, 0) is 16.0 Å². The van der Waals surface area contributed by atoms with E-state index in [0.717, 1.165) is 12.0 Å². The second kappa shape index (κ2) is 10.2. The second-order valence-corrected chi connectivity index (χ2v) is 6.50. The molecule has 0 radical (unpaired) electrons. The van der Waals surface area contributed by atoms with Gasteiger partial charge in [-0.05, 0) is 36.6 Å². The number of carbonyl (C=O) groups is 2. The van der Waals surface area contributed by atoms with Crippen LogP contribution in [0.4, 0.5) is 0 Å². The number of esters is 1. The van der Waals surface area contributed by atoms with E-state index >= 15 is 0 Å². The van der Waals surface area contributed by atoms with Crippen LogP contribution in [-0.4, -0.2) is 25.0 Å². The molecule has 0 N–H and O–H groups in total. The molecule has 2 rings (SSSR count). The van der Waals surface area contributed by atoms with E-state index in [4.69, 9.17) is 32.7 Å². The molecule has 0 atom stereocenters. The van der Waals surface area contributed by atoms with Crippen LogP contribution in [0.2, 0.25) is 10.0 Å². The van der Waals surface area contributed by atoms with Crippen molar-refractivity contribution < 1.29 is 19.1 Å². The highest BCUT2D eigenvalue weighted by atomic mass is 35.5. The van der Waals surface area contributed by atoms with E-state index in [1.807, 2.05) is 19.1 Å². The van der Waals surface area contributed by atoms with E-state index < -0.39 is 5.97 Å². The summed E-state index contributed by atoms with van der Waals surface area (Å²) in [6.07, 6.45) is 1.52. The lowest BCUT2D eigenvalue weighted by Crippen LogP contribution is -2.14. The molecule has 0 saturated heterocycles. The van der Waals surface area contributed by atoms with Gasteiger partial charge in [0, 0.05) is 17.0 Å². The van der Waals surface area contributed by atoms with Gasteiger partial charge in [-0.2, -0.15) is 0 Å². The predicted molar refractivity (Wildman–Crippen MR) is 102 cm³/mol. The van der Waals surface area contributed by atoms with Crippen LogP contribution in [0.5, 0.6) is 5.75 Å². The van der Waals surface area contributed by atoms with Crippen LogP contribution in [0, 0.1) is 0 Å². The maximum Gasteiger partial charge on any atom is 0.306 e. The molecule has 0 saturated carbocycles. The standard InChI is InChI=1S/C20H20Cl2O4/c1-2-14-5-7-15(8-6-14)18(23)13-26-20(24)4-3-11-25-19-10-9-16(21)12-17(19)22/h5-10,12H,2-4,11,13H2,1H3. The molecule has 4 nitrogen and oxygen atoms in total. The normalized spacial score (nSPS) is 10.4. The summed E-state index contributed by atoms with van der Waals surface area (Å²) in [6.45, 7) is 2.10. The number of aryl methyl sites for hydroxylation is 1. The molecule has 0 aliphatic carbocycles. The molecule has 6 heteroatoms. The highest BCUT2D eigenvalue weighted by Crippen LogP contribution is 2.27. The number of benzene rings is 2. The van der Waals surface area contributed by atoms with Crippen molar-refractivity contribution in [3.63, 3.8) is 0 Å². The third-order valence-electron chi connectivity index (χ3n) is 3.73. The lowest BCUT2D eigenvalue weighted by molar-refractivity contribution is -0.142. The van der Waals surface area contributed by atoms with Gasteiger partial charge >= 0.3 is 5.97 Å². The number of rotatable bonds is 9. The number of halogens is 2. The molecule has 0 heterocycles. The first kappa shape index (κ1) is 20.3. The quantitative estimate of drug-likeness (QED) is 0.335. The average Bonchev–Trinajstić information content (AvgIpc) is 2.64. The van der Waals surface area contributed by atoms with E-state index in [9.17, 15) is 9.59 Å². The number of ketones is 1. The zero-order chi connectivity index (χ0) is 18.9. The Kier molecular flexibility index (Phi) is 7.95. The summed E-state index contributed by atoms with van der Waals surface area (Å²) in [6, 6.07) is 12.2. The Balaban J connectivity index is 1.67. The first-order valence-corrected chi connectivity index (χ1v) is 9.10. The van der Waals surface area contributed by atoms with Crippen LogP contribution in [0.1, 0.15) is 35.7 Å². The Hall–Kier alpha value is -2.04. The molecule has 0 aliphatic rings. The number of Topliss-reactive ketones (excluding diaryl/α,β-unsaturated/α-hetero) is 1. The molecule has 0 aromatic heterocycles. The molecule has 2 aromatic carbocycles. The topological polar surface area (TPSA) is 52.6 Å². The Morgan fingerprint density at radius 3 is 2.42 bits per heavy atom. The number of hydrogen-bond acceptors (Lipinski definition) is 4. The zero-order valence-corrected chi connectivity index (χ0v) is 16.0. The van der Waals surface area contributed by atoms with E-state index in [0.29, 0.717) is 34.4 Å². The highest BCUT2D eigenvalue weighted by molar-refractivity contribution is 6.35.